The van der Waals surface area contributed by atoms with E-state index < -0.39 is 0 Å². The fourth-order valence-electron chi connectivity index (χ4n) is 2.72. The summed E-state index contributed by atoms with van der Waals surface area (Å²) in [4.78, 5) is 3.47. The van der Waals surface area contributed by atoms with Crippen LogP contribution in [0.5, 0.6) is 5.06 Å². The molecule has 0 amide bonds. The summed E-state index contributed by atoms with van der Waals surface area (Å²) >= 11 is 1.46. The van der Waals surface area contributed by atoms with Crippen LogP contribution < -0.4 is 26.3 Å². The molecule has 2 aromatic heterocycles. The van der Waals surface area contributed by atoms with Crippen LogP contribution in [0.1, 0.15) is 0 Å². The van der Waals surface area contributed by atoms with Gasteiger partial charge in [0.25, 0.3) is 0 Å². The molecule has 0 fully saturated rings. The first kappa shape index (κ1) is 18.3. The molecular weight excluding hydrogens is 412 g/mol. The third-order valence-electron chi connectivity index (χ3n) is 3.97. The summed E-state index contributed by atoms with van der Waals surface area (Å²) in [6.45, 7) is 0. The van der Waals surface area contributed by atoms with Crippen molar-refractivity contribution in [2.24, 2.45) is 17.3 Å². The molecule has 1 N–H and O–H groups in total. The molecular formula is C19H17BrN4OS. The lowest BCUT2D eigenvalue weighted by molar-refractivity contribution is -0.654. The molecule has 0 atom stereocenters. The highest BCUT2D eigenvalue weighted by Crippen LogP contribution is 2.38. The van der Waals surface area contributed by atoms with Gasteiger partial charge in [-0.05, 0) is 22.5 Å². The fourth-order valence-corrected chi connectivity index (χ4v) is 3.48. The number of nitrogens with zero attached hydrogens (tertiary/aromatic N) is 3. The van der Waals surface area contributed by atoms with Crippen molar-refractivity contribution < 1.29 is 26.3 Å². The number of rotatable bonds is 4. The molecule has 132 valence electrons. The minimum absolute atomic E-state index is 0. The molecule has 2 aromatic carbocycles. The van der Waals surface area contributed by atoms with Crippen LogP contribution in [0.2, 0.25) is 0 Å². The zero-order valence-electron chi connectivity index (χ0n) is 14.3. The van der Waals surface area contributed by atoms with Crippen LogP contribution >= 0.6 is 11.3 Å². The van der Waals surface area contributed by atoms with Gasteiger partial charge in [-0.3, -0.25) is 0 Å². The fraction of sp³-hybridized carbons (Fsp3) is 0.105. The Kier molecular flexibility index (Phi) is 5.49. The molecule has 0 saturated heterocycles. The van der Waals surface area contributed by atoms with Gasteiger partial charge in [0.15, 0.2) is 0 Å². The van der Waals surface area contributed by atoms with Crippen molar-refractivity contribution in [2.75, 3.05) is 7.11 Å². The molecule has 0 aliphatic carbocycles. The van der Waals surface area contributed by atoms with Gasteiger partial charge in [-0.25, -0.2) is 4.57 Å². The van der Waals surface area contributed by atoms with Gasteiger partial charge in [0, 0.05) is 16.5 Å². The lowest BCUT2D eigenvalue weighted by Gasteiger charge is -1.97. The molecule has 0 bridgehead atoms. The first-order valence-corrected chi connectivity index (χ1v) is 8.69. The lowest BCUT2D eigenvalue weighted by atomic mass is 10.1. The van der Waals surface area contributed by atoms with Gasteiger partial charge in [0.1, 0.15) is 11.9 Å². The Balaban J connectivity index is 0.00000196. The maximum absolute atomic E-state index is 5.27. The van der Waals surface area contributed by atoms with E-state index in [9.17, 15) is 0 Å². The van der Waals surface area contributed by atoms with Crippen molar-refractivity contribution in [3.05, 3.63) is 60.8 Å². The topological polar surface area (TPSA) is 53.6 Å². The second-order valence-corrected chi connectivity index (χ2v) is 6.58. The number of halogens is 1. The maximum atomic E-state index is 5.27. The zero-order chi connectivity index (χ0) is 17.2. The summed E-state index contributed by atoms with van der Waals surface area (Å²) in [6.07, 6.45) is 1.90. The Morgan fingerprint density at radius 2 is 1.73 bits per heavy atom. The van der Waals surface area contributed by atoms with Gasteiger partial charge in [0.2, 0.25) is 5.06 Å². The summed E-state index contributed by atoms with van der Waals surface area (Å²) in [5.74, 6) is 0. The largest absolute Gasteiger partial charge is 1.00 e. The average Bonchev–Trinajstić information content (AvgIpc) is 3.21. The summed E-state index contributed by atoms with van der Waals surface area (Å²) in [7, 11) is 3.58. The second-order valence-electron chi connectivity index (χ2n) is 5.61. The quantitative estimate of drug-likeness (QED) is 0.392. The molecule has 0 saturated carbocycles. The highest BCUT2D eigenvalue weighted by molar-refractivity contribution is 7.16. The smallest absolute Gasteiger partial charge is 0.411 e. The Bertz CT molecular complexity index is 1060. The van der Waals surface area contributed by atoms with Gasteiger partial charge < -0.3 is 26.7 Å². The van der Waals surface area contributed by atoms with Gasteiger partial charge in [-0.1, -0.05) is 48.5 Å². The van der Waals surface area contributed by atoms with E-state index >= 15 is 0 Å². The second kappa shape index (κ2) is 7.80. The number of hydrogen-bond acceptors (Lipinski definition) is 4. The number of nitrogens with one attached hydrogen (secondary N) is 1. The Morgan fingerprint density at radius 1 is 1.00 bits per heavy atom. The van der Waals surface area contributed by atoms with Crippen LogP contribution in [0, 0.1) is 0 Å². The highest BCUT2D eigenvalue weighted by Gasteiger charge is 2.17. The summed E-state index contributed by atoms with van der Waals surface area (Å²) in [6, 6.07) is 18.3. The van der Waals surface area contributed by atoms with E-state index in [1.165, 1.54) is 11.3 Å². The molecule has 5 nitrogen and oxygen atoms in total. The molecule has 4 rings (SSSR count). The number of ether oxygens (including phenoxy) is 1. The van der Waals surface area contributed by atoms with E-state index in [1.54, 1.807) is 7.11 Å². The van der Waals surface area contributed by atoms with Crippen molar-refractivity contribution in [2.45, 2.75) is 0 Å². The summed E-state index contributed by atoms with van der Waals surface area (Å²) in [5, 5.41) is 11.7. The van der Waals surface area contributed by atoms with E-state index in [0.717, 1.165) is 38.0 Å². The zero-order valence-corrected chi connectivity index (χ0v) is 16.7. The van der Waals surface area contributed by atoms with Crippen LogP contribution in [0.3, 0.4) is 0 Å². The van der Waals surface area contributed by atoms with E-state index in [4.69, 9.17) is 4.74 Å². The Morgan fingerprint density at radius 3 is 2.46 bits per heavy atom. The minimum Gasteiger partial charge on any atom is -1.00 e. The average molecular weight is 429 g/mol. The molecule has 26 heavy (non-hydrogen) atoms. The molecule has 0 radical (unpaired) electrons. The summed E-state index contributed by atoms with van der Waals surface area (Å²) < 4.78 is 7.17. The Labute approximate surface area is 165 Å². The summed E-state index contributed by atoms with van der Waals surface area (Å²) in [5.41, 5.74) is 3.94. The number of hydrogen-bond donors (Lipinski definition) is 1. The number of benzene rings is 2. The third-order valence-corrected chi connectivity index (χ3v) is 5.00. The van der Waals surface area contributed by atoms with Gasteiger partial charge >= 0.3 is 5.13 Å². The predicted molar refractivity (Wildman–Crippen MR) is 100.0 cm³/mol. The van der Waals surface area contributed by atoms with Crippen LogP contribution in [0.15, 0.2) is 71.0 Å². The SMILES string of the molecule is COc1c[n+](C)c(/N=N/c2c(-c3ccccc3)[nH]c3ccccc23)s1.[Br-]. The lowest BCUT2D eigenvalue weighted by Crippen LogP contribution is -3.00. The van der Waals surface area contributed by atoms with Crippen LogP contribution in [-0.2, 0) is 7.05 Å². The number of methoxy groups -OCH3 is 1. The first-order chi connectivity index (χ1) is 12.3. The number of para-hydroxylation sites is 1. The first-order valence-electron chi connectivity index (χ1n) is 7.87. The van der Waals surface area contributed by atoms with E-state index in [1.807, 2.05) is 48.1 Å². The number of aromatic nitrogens is 2. The predicted octanol–water partition coefficient (Wildman–Crippen LogP) is 2.15. The highest BCUT2D eigenvalue weighted by atomic mass is 79.9. The van der Waals surface area contributed by atoms with Crippen molar-refractivity contribution in [1.29, 1.82) is 0 Å². The number of aryl methyl sites for hydroxylation is 1. The standard InChI is InChI=1S/C19H16N4OS.BrH/c1-23-12-16(24-2)25-19(23)22-21-18-14-10-6-7-11-15(14)20-17(18)13-8-4-3-5-9-13;/h3-12H,1-2H3;1H. The molecule has 0 spiro atoms. The number of azo groups is 1. The van der Waals surface area contributed by atoms with E-state index in [0.29, 0.717) is 0 Å². The third kappa shape index (κ3) is 3.40. The molecule has 2 heterocycles. The molecule has 0 unspecified atom stereocenters. The van der Waals surface area contributed by atoms with Gasteiger partial charge in [-0.15, -0.1) is 0 Å². The normalized spacial score (nSPS) is 11.0. The van der Waals surface area contributed by atoms with Crippen molar-refractivity contribution in [3.8, 4) is 16.3 Å². The number of aromatic amines is 1. The monoisotopic (exact) mass is 428 g/mol. The van der Waals surface area contributed by atoms with Gasteiger partial charge in [-0.2, -0.15) is 0 Å². The van der Waals surface area contributed by atoms with E-state index in [2.05, 4.69) is 39.5 Å². The minimum atomic E-state index is 0. The number of thiazole rings is 1. The number of H-pyrrole nitrogens is 1. The Hall–Kier alpha value is -2.51. The van der Waals surface area contributed by atoms with Crippen molar-refractivity contribution in [3.63, 3.8) is 0 Å². The van der Waals surface area contributed by atoms with Crippen molar-refractivity contribution in [1.82, 2.24) is 4.98 Å². The van der Waals surface area contributed by atoms with Crippen molar-refractivity contribution >= 4 is 33.1 Å². The number of fused-ring (bicyclic) bond motifs is 1. The molecule has 0 aliphatic heterocycles. The van der Waals surface area contributed by atoms with Crippen LogP contribution in [0.4, 0.5) is 10.8 Å². The van der Waals surface area contributed by atoms with E-state index in [-0.39, 0.29) is 17.0 Å². The maximum Gasteiger partial charge on any atom is 0.411 e. The van der Waals surface area contributed by atoms with Crippen LogP contribution in [-0.4, -0.2) is 12.1 Å². The molecule has 7 heteroatoms. The van der Waals surface area contributed by atoms with Gasteiger partial charge in [0.05, 0.1) is 25.0 Å². The molecule has 4 aromatic rings. The molecule has 0 aliphatic rings. The van der Waals surface area contributed by atoms with Crippen LogP contribution in [0.25, 0.3) is 22.2 Å².